The van der Waals surface area contributed by atoms with Crippen molar-refractivity contribution in [1.82, 2.24) is 0 Å². The second-order valence-corrected chi connectivity index (χ2v) is 5.98. The predicted octanol–water partition coefficient (Wildman–Crippen LogP) is 2.04. The molecule has 1 fully saturated rings. The summed E-state index contributed by atoms with van der Waals surface area (Å²) in [6.45, 7) is 0. The average molecular weight is 257 g/mol. The molecule has 6 heteroatoms. The van der Waals surface area contributed by atoms with Gasteiger partial charge in [-0.05, 0) is 31.0 Å². The van der Waals surface area contributed by atoms with E-state index in [1.54, 1.807) is 12.1 Å². The highest BCUT2D eigenvalue weighted by atomic mass is 35.5. The largest absolute Gasteiger partial charge is 0.327 e. The first-order valence-electron chi connectivity index (χ1n) is 4.96. The van der Waals surface area contributed by atoms with Gasteiger partial charge in [-0.3, -0.25) is 0 Å². The summed E-state index contributed by atoms with van der Waals surface area (Å²) in [4.78, 5) is 2.11. The van der Waals surface area contributed by atoms with Crippen LogP contribution in [-0.2, 0) is 10.0 Å². The molecule has 3 rings (SSSR count). The molecule has 0 spiro atoms. The molecule has 1 saturated carbocycles. The molecule has 0 unspecified atom stereocenters. The summed E-state index contributed by atoms with van der Waals surface area (Å²) >= 11 is 5.81. The van der Waals surface area contributed by atoms with Gasteiger partial charge in [-0.1, -0.05) is 11.6 Å². The number of hydrogen-bond acceptors (Lipinski definition) is 3. The van der Waals surface area contributed by atoms with Gasteiger partial charge in [-0.15, -0.1) is 4.40 Å². The normalized spacial score (nSPS) is 21.9. The van der Waals surface area contributed by atoms with E-state index in [0.717, 1.165) is 12.8 Å². The van der Waals surface area contributed by atoms with Crippen LogP contribution in [0.15, 0.2) is 27.5 Å². The molecular formula is C10H9ClN2O2S. The molecule has 1 heterocycles. The number of fused-ring (bicyclic) bond motifs is 1. The Labute approximate surface area is 98.6 Å². The average Bonchev–Trinajstić information content (AvgIpc) is 3.03. The van der Waals surface area contributed by atoms with Gasteiger partial charge < -0.3 is 4.90 Å². The molecule has 1 aliphatic heterocycles. The van der Waals surface area contributed by atoms with Gasteiger partial charge >= 0.3 is 0 Å². The quantitative estimate of drug-likeness (QED) is 0.773. The van der Waals surface area contributed by atoms with Crippen LogP contribution in [0.1, 0.15) is 12.8 Å². The molecular weight excluding hydrogens is 248 g/mol. The van der Waals surface area contributed by atoms with Crippen LogP contribution in [-0.4, -0.2) is 20.8 Å². The Bertz CT molecular complexity index is 578. The fraction of sp³-hybridized carbons (Fsp3) is 0.300. The number of anilines is 1. The SMILES string of the molecule is O=S1(=O)N=CN(C2CC2)c2ccc(Cl)cc21. The van der Waals surface area contributed by atoms with E-state index in [1.165, 1.54) is 12.4 Å². The molecule has 1 aromatic rings. The van der Waals surface area contributed by atoms with Gasteiger partial charge in [-0.2, -0.15) is 8.42 Å². The van der Waals surface area contributed by atoms with Crippen molar-refractivity contribution in [2.45, 2.75) is 23.8 Å². The number of benzene rings is 1. The summed E-state index contributed by atoms with van der Waals surface area (Å²) in [7, 11) is -3.56. The van der Waals surface area contributed by atoms with E-state index in [9.17, 15) is 8.42 Å². The van der Waals surface area contributed by atoms with Crippen LogP contribution < -0.4 is 4.90 Å². The first kappa shape index (κ1) is 10.1. The molecule has 0 bridgehead atoms. The van der Waals surface area contributed by atoms with Crippen LogP contribution in [0.4, 0.5) is 5.69 Å². The molecule has 16 heavy (non-hydrogen) atoms. The van der Waals surface area contributed by atoms with Gasteiger partial charge in [0.15, 0.2) is 0 Å². The Kier molecular flexibility index (Phi) is 2.03. The Morgan fingerprint density at radius 1 is 1.38 bits per heavy atom. The summed E-state index contributed by atoms with van der Waals surface area (Å²) in [6, 6.07) is 5.28. The number of halogens is 1. The highest BCUT2D eigenvalue weighted by Gasteiger charge is 2.34. The van der Waals surface area contributed by atoms with Crippen LogP contribution in [0, 0.1) is 0 Å². The topological polar surface area (TPSA) is 49.7 Å². The van der Waals surface area contributed by atoms with Crippen molar-refractivity contribution < 1.29 is 8.42 Å². The standard InChI is InChI=1S/C10H9ClN2O2S/c11-7-1-4-9-10(5-7)16(14,15)12-6-13(9)8-2-3-8/h1,4-6,8H,2-3H2. The van der Waals surface area contributed by atoms with Crippen molar-refractivity contribution >= 4 is 33.7 Å². The summed E-state index contributed by atoms with van der Waals surface area (Å²) in [5.74, 6) is 0. The Morgan fingerprint density at radius 3 is 2.81 bits per heavy atom. The lowest BCUT2D eigenvalue weighted by atomic mass is 10.3. The maximum Gasteiger partial charge on any atom is 0.285 e. The summed E-state index contributed by atoms with van der Waals surface area (Å²) in [6.07, 6.45) is 3.56. The van der Waals surface area contributed by atoms with Crippen LogP contribution >= 0.6 is 11.6 Å². The van der Waals surface area contributed by atoms with Crippen molar-refractivity contribution in [2.24, 2.45) is 4.40 Å². The Balaban J connectivity index is 2.21. The number of rotatable bonds is 1. The highest BCUT2D eigenvalue weighted by molar-refractivity contribution is 7.90. The van der Waals surface area contributed by atoms with E-state index in [1.807, 2.05) is 4.90 Å². The molecule has 0 amide bonds. The Morgan fingerprint density at radius 2 is 2.12 bits per heavy atom. The molecule has 2 aliphatic rings. The monoisotopic (exact) mass is 256 g/mol. The fourth-order valence-corrected chi connectivity index (χ4v) is 3.07. The second-order valence-electron chi connectivity index (χ2n) is 3.95. The van der Waals surface area contributed by atoms with E-state index in [2.05, 4.69) is 4.40 Å². The molecule has 0 aromatic heterocycles. The molecule has 0 atom stereocenters. The third-order valence-electron chi connectivity index (χ3n) is 2.73. The van der Waals surface area contributed by atoms with E-state index >= 15 is 0 Å². The molecule has 0 saturated heterocycles. The zero-order valence-corrected chi connectivity index (χ0v) is 9.87. The van der Waals surface area contributed by atoms with Gasteiger partial charge in [0.2, 0.25) is 0 Å². The van der Waals surface area contributed by atoms with Gasteiger partial charge in [0, 0.05) is 11.1 Å². The zero-order valence-electron chi connectivity index (χ0n) is 8.30. The van der Waals surface area contributed by atoms with E-state index in [-0.39, 0.29) is 4.90 Å². The molecule has 84 valence electrons. The van der Waals surface area contributed by atoms with E-state index < -0.39 is 10.0 Å². The van der Waals surface area contributed by atoms with E-state index in [0.29, 0.717) is 16.8 Å². The first-order chi connectivity index (χ1) is 7.58. The maximum absolute atomic E-state index is 11.7. The Hall–Kier alpha value is -1.07. The lowest BCUT2D eigenvalue weighted by Crippen LogP contribution is -2.29. The molecule has 1 aliphatic carbocycles. The maximum atomic E-state index is 11.7. The van der Waals surface area contributed by atoms with Crippen molar-refractivity contribution in [3.63, 3.8) is 0 Å². The van der Waals surface area contributed by atoms with Crippen LogP contribution in [0.2, 0.25) is 5.02 Å². The minimum atomic E-state index is -3.56. The van der Waals surface area contributed by atoms with Crippen molar-refractivity contribution in [1.29, 1.82) is 0 Å². The minimum Gasteiger partial charge on any atom is -0.327 e. The number of nitrogens with zero attached hydrogens (tertiary/aromatic N) is 2. The summed E-state index contributed by atoms with van der Waals surface area (Å²) in [5.41, 5.74) is 0.682. The summed E-state index contributed by atoms with van der Waals surface area (Å²) < 4.78 is 27.1. The summed E-state index contributed by atoms with van der Waals surface area (Å²) in [5, 5.41) is 0.412. The predicted molar refractivity (Wildman–Crippen MR) is 62.6 cm³/mol. The van der Waals surface area contributed by atoms with Crippen molar-refractivity contribution in [3.05, 3.63) is 23.2 Å². The lowest BCUT2D eigenvalue weighted by molar-refractivity contribution is 0.597. The van der Waals surface area contributed by atoms with E-state index in [4.69, 9.17) is 11.6 Å². The fourth-order valence-electron chi connectivity index (χ4n) is 1.78. The van der Waals surface area contributed by atoms with Gasteiger partial charge in [0.05, 0.1) is 5.69 Å². The minimum absolute atomic E-state index is 0.203. The van der Waals surface area contributed by atoms with Crippen molar-refractivity contribution in [2.75, 3.05) is 4.90 Å². The van der Waals surface area contributed by atoms with Crippen LogP contribution in [0.5, 0.6) is 0 Å². The smallest absolute Gasteiger partial charge is 0.285 e. The van der Waals surface area contributed by atoms with Gasteiger partial charge in [0.25, 0.3) is 10.0 Å². The third-order valence-corrected chi connectivity index (χ3v) is 4.22. The van der Waals surface area contributed by atoms with Crippen molar-refractivity contribution in [3.8, 4) is 0 Å². The molecule has 1 aromatic carbocycles. The number of sulfonamides is 1. The highest BCUT2D eigenvalue weighted by Crippen LogP contribution is 2.38. The van der Waals surface area contributed by atoms with Crippen LogP contribution in [0.25, 0.3) is 0 Å². The van der Waals surface area contributed by atoms with Crippen LogP contribution in [0.3, 0.4) is 0 Å². The van der Waals surface area contributed by atoms with Gasteiger partial charge in [-0.25, -0.2) is 0 Å². The third kappa shape index (κ3) is 1.51. The first-order valence-corrected chi connectivity index (χ1v) is 6.78. The molecule has 4 nitrogen and oxygen atoms in total. The number of hydrogen-bond donors (Lipinski definition) is 0. The molecule has 0 N–H and O–H groups in total. The molecule has 0 radical (unpaired) electrons. The zero-order chi connectivity index (χ0) is 11.3. The van der Waals surface area contributed by atoms with Gasteiger partial charge in [0.1, 0.15) is 11.2 Å². The lowest BCUT2D eigenvalue weighted by Gasteiger charge is -2.24. The second kappa shape index (κ2) is 3.21.